The Morgan fingerprint density at radius 1 is 1.19 bits per heavy atom. The zero-order valence-corrected chi connectivity index (χ0v) is 16.6. The van der Waals surface area contributed by atoms with Gasteiger partial charge in [0, 0.05) is 38.8 Å². The summed E-state index contributed by atoms with van der Waals surface area (Å²) >= 11 is 0. The number of carbonyl (C=O) groups is 1. The highest BCUT2D eigenvalue weighted by Gasteiger charge is 2.35. The van der Waals surface area contributed by atoms with Crippen molar-refractivity contribution in [1.29, 1.82) is 0 Å². The van der Waals surface area contributed by atoms with Crippen LogP contribution in [0.4, 0.5) is 5.69 Å². The highest BCUT2D eigenvalue weighted by Crippen LogP contribution is 2.27. The molecule has 0 unspecified atom stereocenters. The Morgan fingerprint density at radius 2 is 1.78 bits per heavy atom. The highest BCUT2D eigenvalue weighted by molar-refractivity contribution is 7.89. The number of nitro benzene ring substituents is 1. The topological polar surface area (TPSA) is 113 Å². The molecule has 1 heterocycles. The molecule has 0 bridgehead atoms. The van der Waals surface area contributed by atoms with E-state index in [0.717, 1.165) is 0 Å². The molecule has 1 aliphatic rings. The fraction of sp³-hybridized carbons (Fsp3) is 0.588. The largest absolute Gasteiger partial charge is 0.354 e. The molecule has 0 spiro atoms. The van der Waals surface area contributed by atoms with Crippen molar-refractivity contribution in [1.82, 2.24) is 14.5 Å². The maximum Gasteiger partial charge on any atom is 0.289 e. The van der Waals surface area contributed by atoms with E-state index in [0.29, 0.717) is 25.6 Å². The highest BCUT2D eigenvalue weighted by atomic mass is 32.2. The van der Waals surface area contributed by atoms with Gasteiger partial charge in [-0.2, -0.15) is 4.31 Å². The molecule has 9 nitrogen and oxygen atoms in total. The normalized spacial score (nSPS) is 17.6. The number of benzene rings is 1. The lowest BCUT2D eigenvalue weighted by atomic mass is 10.2. The summed E-state index contributed by atoms with van der Waals surface area (Å²) in [4.78, 5) is 24.3. The molecular weight excluding hydrogens is 372 g/mol. The second-order valence-corrected chi connectivity index (χ2v) is 8.89. The molecule has 10 heteroatoms. The number of carbonyl (C=O) groups excluding carboxylic acids is 1. The Labute approximate surface area is 159 Å². The summed E-state index contributed by atoms with van der Waals surface area (Å²) in [6, 6.07) is 4.98. The average Bonchev–Trinajstić information content (AvgIpc) is 2.65. The van der Waals surface area contributed by atoms with Crippen LogP contribution in [0.15, 0.2) is 29.2 Å². The van der Waals surface area contributed by atoms with Gasteiger partial charge < -0.3 is 5.32 Å². The van der Waals surface area contributed by atoms with Crippen molar-refractivity contribution < 1.29 is 18.1 Å². The van der Waals surface area contributed by atoms with Gasteiger partial charge in [-0.3, -0.25) is 19.8 Å². The number of para-hydroxylation sites is 1. The van der Waals surface area contributed by atoms with Crippen LogP contribution in [0.2, 0.25) is 0 Å². The second-order valence-electron chi connectivity index (χ2n) is 6.98. The number of rotatable bonds is 7. The van der Waals surface area contributed by atoms with E-state index in [4.69, 9.17) is 0 Å². The van der Waals surface area contributed by atoms with E-state index in [1.165, 1.54) is 28.6 Å². The number of nitro groups is 1. The van der Waals surface area contributed by atoms with E-state index in [1.807, 2.05) is 18.7 Å². The first-order chi connectivity index (χ1) is 12.6. The van der Waals surface area contributed by atoms with Crippen molar-refractivity contribution >= 4 is 21.6 Å². The van der Waals surface area contributed by atoms with Crippen molar-refractivity contribution in [2.75, 3.05) is 32.7 Å². The lowest BCUT2D eigenvalue weighted by Crippen LogP contribution is -2.55. The molecule has 150 valence electrons. The van der Waals surface area contributed by atoms with Gasteiger partial charge in [0.1, 0.15) is 0 Å². The number of nitrogens with zero attached hydrogens (tertiary/aromatic N) is 3. The molecular formula is C17H26N4O5S. The standard InChI is InChI=1S/C17H26N4O5S/c1-13(2)12-18-17(22)14(3)19-8-10-20(11-9-19)27(25,26)16-7-5-4-6-15(16)21(23)24/h4-7,13-14H,8-12H2,1-3H3,(H,18,22)/t14-/m1/s1. The van der Waals surface area contributed by atoms with E-state index in [-0.39, 0.29) is 29.9 Å². The van der Waals surface area contributed by atoms with Crippen molar-refractivity contribution in [3.63, 3.8) is 0 Å². The predicted molar refractivity (Wildman–Crippen MR) is 101 cm³/mol. The minimum absolute atomic E-state index is 0.0845. The fourth-order valence-electron chi connectivity index (χ4n) is 2.91. The van der Waals surface area contributed by atoms with Crippen molar-refractivity contribution in [2.24, 2.45) is 5.92 Å². The van der Waals surface area contributed by atoms with E-state index in [9.17, 15) is 23.3 Å². The summed E-state index contributed by atoms with van der Waals surface area (Å²) in [7, 11) is -3.96. The molecule has 1 atom stereocenters. The summed E-state index contributed by atoms with van der Waals surface area (Å²) in [6.07, 6.45) is 0. The minimum Gasteiger partial charge on any atom is -0.354 e. The molecule has 1 aromatic carbocycles. The van der Waals surface area contributed by atoms with E-state index >= 15 is 0 Å². The number of piperazine rings is 1. The van der Waals surface area contributed by atoms with Gasteiger partial charge in [-0.15, -0.1) is 0 Å². The Morgan fingerprint density at radius 3 is 2.33 bits per heavy atom. The maximum atomic E-state index is 12.8. The average molecular weight is 398 g/mol. The van der Waals surface area contributed by atoms with Gasteiger partial charge in [-0.25, -0.2) is 8.42 Å². The lowest BCUT2D eigenvalue weighted by molar-refractivity contribution is -0.387. The summed E-state index contributed by atoms with van der Waals surface area (Å²) in [5.74, 6) is 0.267. The van der Waals surface area contributed by atoms with Crippen LogP contribution < -0.4 is 5.32 Å². The van der Waals surface area contributed by atoms with Crippen LogP contribution in [0.25, 0.3) is 0 Å². The van der Waals surface area contributed by atoms with E-state index in [2.05, 4.69) is 5.32 Å². The molecule has 1 saturated heterocycles. The van der Waals surface area contributed by atoms with Crippen LogP contribution in [-0.4, -0.2) is 67.2 Å². The molecule has 1 aliphatic heterocycles. The van der Waals surface area contributed by atoms with Crippen LogP contribution in [0.3, 0.4) is 0 Å². The van der Waals surface area contributed by atoms with Gasteiger partial charge >= 0.3 is 0 Å². The molecule has 0 aromatic heterocycles. The van der Waals surface area contributed by atoms with Crippen molar-refractivity contribution in [2.45, 2.75) is 31.7 Å². The number of hydrogen-bond donors (Lipinski definition) is 1. The van der Waals surface area contributed by atoms with Crippen LogP contribution >= 0.6 is 0 Å². The molecule has 2 rings (SSSR count). The van der Waals surface area contributed by atoms with E-state index in [1.54, 1.807) is 6.92 Å². The van der Waals surface area contributed by atoms with Crippen LogP contribution in [0.1, 0.15) is 20.8 Å². The number of amides is 1. The van der Waals surface area contributed by atoms with Gasteiger partial charge in [0.25, 0.3) is 5.69 Å². The Kier molecular flexibility index (Phi) is 6.90. The zero-order chi connectivity index (χ0) is 20.2. The lowest BCUT2D eigenvalue weighted by Gasteiger charge is -2.36. The predicted octanol–water partition coefficient (Wildman–Crippen LogP) is 1.06. The first-order valence-electron chi connectivity index (χ1n) is 8.90. The van der Waals surface area contributed by atoms with Gasteiger partial charge in [0.15, 0.2) is 4.90 Å². The molecule has 0 radical (unpaired) electrons. The smallest absolute Gasteiger partial charge is 0.289 e. The second kappa shape index (κ2) is 8.77. The van der Waals surface area contributed by atoms with Gasteiger partial charge in [0.05, 0.1) is 11.0 Å². The Bertz CT molecular complexity index is 788. The summed E-state index contributed by atoms with van der Waals surface area (Å²) in [5.41, 5.74) is -0.429. The minimum atomic E-state index is -3.96. The third-order valence-corrected chi connectivity index (χ3v) is 6.51. The SMILES string of the molecule is CC(C)CNC(=O)[C@@H](C)N1CCN(S(=O)(=O)c2ccccc2[N+](=O)[O-])CC1. The van der Waals surface area contributed by atoms with Gasteiger partial charge in [-0.1, -0.05) is 26.0 Å². The molecule has 1 N–H and O–H groups in total. The first kappa shape index (κ1) is 21.3. The molecule has 0 aliphatic carbocycles. The molecule has 1 aromatic rings. The summed E-state index contributed by atoms with van der Waals surface area (Å²) < 4.78 is 26.9. The Balaban J connectivity index is 2.05. The van der Waals surface area contributed by atoms with Crippen molar-refractivity contribution in [3.05, 3.63) is 34.4 Å². The maximum absolute atomic E-state index is 12.8. The number of sulfonamides is 1. The molecule has 1 fully saturated rings. The number of hydrogen-bond acceptors (Lipinski definition) is 6. The van der Waals surface area contributed by atoms with E-state index < -0.39 is 20.6 Å². The van der Waals surface area contributed by atoms with Gasteiger partial charge in [0.2, 0.25) is 15.9 Å². The van der Waals surface area contributed by atoms with Crippen molar-refractivity contribution in [3.8, 4) is 0 Å². The van der Waals surface area contributed by atoms with Gasteiger partial charge in [-0.05, 0) is 18.9 Å². The third kappa shape index (κ3) is 5.02. The molecule has 0 saturated carbocycles. The third-order valence-electron chi connectivity index (χ3n) is 4.56. The Hall–Kier alpha value is -2.04. The zero-order valence-electron chi connectivity index (χ0n) is 15.8. The first-order valence-corrected chi connectivity index (χ1v) is 10.3. The number of nitrogens with one attached hydrogen (secondary N) is 1. The fourth-order valence-corrected chi connectivity index (χ4v) is 4.49. The van der Waals surface area contributed by atoms with Crippen LogP contribution in [0, 0.1) is 16.0 Å². The monoisotopic (exact) mass is 398 g/mol. The van der Waals surface area contributed by atoms with Crippen LogP contribution in [0.5, 0.6) is 0 Å². The molecule has 1 amide bonds. The molecule has 27 heavy (non-hydrogen) atoms. The summed E-state index contributed by atoms with van der Waals surface area (Å²) in [5, 5.41) is 14.0. The quantitative estimate of drug-likeness (QED) is 0.543. The van der Waals surface area contributed by atoms with Crippen LogP contribution in [-0.2, 0) is 14.8 Å². The summed E-state index contributed by atoms with van der Waals surface area (Å²) in [6.45, 7) is 7.53.